The number of hydrogen-bond acceptors (Lipinski definition) is 3. The summed E-state index contributed by atoms with van der Waals surface area (Å²) in [6, 6.07) is 15.6. The summed E-state index contributed by atoms with van der Waals surface area (Å²) in [6.45, 7) is 3.98. The van der Waals surface area contributed by atoms with E-state index in [1.807, 2.05) is 49.4 Å². The number of fused-ring (bicyclic) bond motifs is 1. The Morgan fingerprint density at radius 2 is 1.92 bits per heavy atom. The van der Waals surface area contributed by atoms with Gasteiger partial charge in [-0.15, -0.1) is 0 Å². The molecule has 4 nitrogen and oxygen atoms in total. The highest BCUT2D eigenvalue weighted by molar-refractivity contribution is 5.95. The summed E-state index contributed by atoms with van der Waals surface area (Å²) in [5.74, 6) is 1.16. The minimum absolute atomic E-state index is 0.172. The van der Waals surface area contributed by atoms with Crippen LogP contribution in [0.5, 0.6) is 0 Å². The molecule has 0 aliphatic rings. The van der Waals surface area contributed by atoms with Gasteiger partial charge in [0.25, 0.3) is 5.91 Å². The fourth-order valence-corrected chi connectivity index (χ4v) is 2.97. The van der Waals surface area contributed by atoms with Gasteiger partial charge in [0.2, 0.25) is 0 Å². The lowest BCUT2D eigenvalue weighted by molar-refractivity contribution is 0.0941. The zero-order valence-corrected chi connectivity index (χ0v) is 13.9. The van der Waals surface area contributed by atoms with Crippen molar-refractivity contribution in [2.75, 3.05) is 6.54 Å². The van der Waals surface area contributed by atoms with Gasteiger partial charge in [0, 0.05) is 6.54 Å². The fraction of sp³-hybridized carbons (Fsp3) is 0.250. The molecule has 0 radical (unpaired) electrons. The molecule has 0 aliphatic carbocycles. The Balaban J connectivity index is 1.64. The summed E-state index contributed by atoms with van der Waals surface area (Å²) in [5.41, 5.74) is 1.44. The third-order valence-electron chi connectivity index (χ3n) is 4.17. The van der Waals surface area contributed by atoms with Crippen molar-refractivity contribution >= 4 is 16.7 Å². The van der Waals surface area contributed by atoms with E-state index in [0.29, 0.717) is 30.0 Å². The van der Waals surface area contributed by atoms with Crippen molar-refractivity contribution in [3.63, 3.8) is 0 Å². The smallest absolute Gasteiger partial charge is 0.254 e. The number of amides is 1. The number of aliphatic hydroxyl groups excluding tert-OH is 1. The van der Waals surface area contributed by atoms with E-state index in [4.69, 9.17) is 4.42 Å². The first-order valence-corrected chi connectivity index (χ1v) is 8.07. The zero-order chi connectivity index (χ0) is 17.1. The van der Waals surface area contributed by atoms with Gasteiger partial charge < -0.3 is 14.8 Å². The quantitative estimate of drug-likeness (QED) is 0.748. The van der Waals surface area contributed by atoms with Crippen LogP contribution in [0.2, 0.25) is 0 Å². The van der Waals surface area contributed by atoms with Crippen LogP contribution in [0.25, 0.3) is 10.8 Å². The molecule has 3 aromatic rings. The van der Waals surface area contributed by atoms with Crippen LogP contribution in [0.15, 0.2) is 52.9 Å². The number of hydrogen-bond donors (Lipinski definition) is 2. The van der Waals surface area contributed by atoms with Gasteiger partial charge in [-0.05, 0) is 42.7 Å². The molecular weight excluding hydrogens is 302 g/mol. The molecule has 0 saturated heterocycles. The Morgan fingerprint density at radius 3 is 2.67 bits per heavy atom. The maximum atomic E-state index is 12.2. The van der Waals surface area contributed by atoms with Crippen LogP contribution in [0.1, 0.15) is 40.0 Å². The Bertz CT molecular complexity index is 861. The van der Waals surface area contributed by atoms with Gasteiger partial charge in [-0.1, -0.05) is 42.5 Å². The Morgan fingerprint density at radius 1 is 1.17 bits per heavy atom. The second-order valence-electron chi connectivity index (χ2n) is 5.96. The zero-order valence-electron chi connectivity index (χ0n) is 13.9. The van der Waals surface area contributed by atoms with E-state index in [1.165, 1.54) is 0 Å². The van der Waals surface area contributed by atoms with Crippen molar-refractivity contribution in [2.24, 2.45) is 0 Å². The highest BCUT2D eigenvalue weighted by Crippen LogP contribution is 2.25. The molecule has 1 amide bonds. The van der Waals surface area contributed by atoms with Crippen LogP contribution in [0.3, 0.4) is 0 Å². The van der Waals surface area contributed by atoms with Crippen molar-refractivity contribution in [1.82, 2.24) is 5.32 Å². The van der Waals surface area contributed by atoms with E-state index in [2.05, 4.69) is 5.32 Å². The molecule has 1 heterocycles. The van der Waals surface area contributed by atoms with Crippen molar-refractivity contribution in [1.29, 1.82) is 0 Å². The second kappa shape index (κ2) is 6.89. The Labute approximate surface area is 141 Å². The average molecular weight is 323 g/mol. The van der Waals surface area contributed by atoms with E-state index < -0.39 is 6.10 Å². The number of aliphatic hydroxyl groups is 1. The molecule has 0 aliphatic heterocycles. The number of carbonyl (C=O) groups is 1. The Hall–Kier alpha value is -2.59. The van der Waals surface area contributed by atoms with Gasteiger partial charge >= 0.3 is 0 Å². The summed E-state index contributed by atoms with van der Waals surface area (Å²) in [4.78, 5) is 12.2. The van der Waals surface area contributed by atoms with Crippen LogP contribution in [-0.4, -0.2) is 17.6 Å². The normalized spacial score (nSPS) is 12.3. The largest absolute Gasteiger partial charge is 0.466 e. The SMILES string of the molecule is Cc1cc(C(=O)NCC[C@H](O)c2cccc3ccccc23)c(C)o1. The monoisotopic (exact) mass is 323 g/mol. The third kappa shape index (κ3) is 3.34. The summed E-state index contributed by atoms with van der Waals surface area (Å²) in [7, 11) is 0. The van der Waals surface area contributed by atoms with Crippen LogP contribution >= 0.6 is 0 Å². The minimum Gasteiger partial charge on any atom is -0.466 e. The molecule has 24 heavy (non-hydrogen) atoms. The Kier molecular flexibility index (Phi) is 4.67. The maximum absolute atomic E-state index is 12.2. The molecule has 2 N–H and O–H groups in total. The van der Waals surface area contributed by atoms with E-state index in [1.54, 1.807) is 13.0 Å². The minimum atomic E-state index is -0.622. The van der Waals surface area contributed by atoms with Crippen LogP contribution in [-0.2, 0) is 0 Å². The van der Waals surface area contributed by atoms with Crippen molar-refractivity contribution in [3.05, 3.63) is 71.2 Å². The molecule has 0 saturated carbocycles. The number of carbonyl (C=O) groups excluding carboxylic acids is 1. The lowest BCUT2D eigenvalue weighted by Gasteiger charge is -2.14. The van der Waals surface area contributed by atoms with E-state index in [0.717, 1.165) is 16.3 Å². The van der Waals surface area contributed by atoms with Crippen molar-refractivity contribution in [2.45, 2.75) is 26.4 Å². The second-order valence-corrected chi connectivity index (χ2v) is 5.96. The van der Waals surface area contributed by atoms with Crippen molar-refractivity contribution < 1.29 is 14.3 Å². The first-order valence-electron chi connectivity index (χ1n) is 8.07. The predicted octanol–water partition coefficient (Wildman–Crippen LogP) is 3.90. The topological polar surface area (TPSA) is 62.5 Å². The van der Waals surface area contributed by atoms with Crippen molar-refractivity contribution in [3.8, 4) is 0 Å². The van der Waals surface area contributed by atoms with Gasteiger partial charge in [0.1, 0.15) is 11.5 Å². The van der Waals surface area contributed by atoms with E-state index in [-0.39, 0.29) is 5.91 Å². The third-order valence-corrected chi connectivity index (χ3v) is 4.17. The number of rotatable bonds is 5. The molecule has 0 spiro atoms. The summed E-state index contributed by atoms with van der Waals surface area (Å²) >= 11 is 0. The number of aryl methyl sites for hydroxylation is 2. The molecule has 2 aromatic carbocycles. The molecule has 0 bridgehead atoms. The molecule has 0 unspecified atom stereocenters. The lowest BCUT2D eigenvalue weighted by atomic mass is 9.99. The average Bonchev–Trinajstić information content (AvgIpc) is 2.92. The molecule has 1 aromatic heterocycles. The maximum Gasteiger partial charge on any atom is 0.254 e. The highest BCUT2D eigenvalue weighted by Gasteiger charge is 2.15. The number of nitrogens with one attached hydrogen (secondary N) is 1. The standard InChI is InChI=1S/C20H21NO3/c1-13-12-18(14(2)24-13)20(23)21-11-10-19(22)17-9-5-7-15-6-3-4-8-16(15)17/h3-9,12,19,22H,10-11H2,1-2H3,(H,21,23)/t19-/m0/s1. The first-order chi connectivity index (χ1) is 11.6. The number of benzene rings is 2. The highest BCUT2D eigenvalue weighted by atomic mass is 16.3. The summed E-state index contributed by atoms with van der Waals surface area (Å²) < 4.78 is 5.37. The summed E-state index contributed by atoms with van der Waals surface area (Å²) in [5, 5.41) is 15.5. The number of furan rings is 1. The van der Waals surface area contributed by atoms with Crippen LogP contribution in [0.4, 0.5) is 0 Å². The summed E-state index contributed by atoms with van der Waals surface area (Å²) in [6.07, 6.45) is -0.168. The molecular formula is C20H21NO3. The first kappa shape index (κ1) is 16.3. The van der Waals surface area contributed by atoms with Gasteiger partial charge in [-0.25, -0.2) is 0 Å². The predicted molar refractivity (Wildman–Crippen MR) is 94.0 cm³/mol. The van der Waals surface area contributed by atoms with Crippen LogP contribution < -0.4 is 5.32 Å². The lowest BCUT2D eigenvalue weighted by Crippen LogP contribution is -2.25. The molecule has 3 rings (SSSR count). The molecule has 0 fully saturated rings. The molecule has 4 heteroatoms. The van der Waals surface area contributed by atoms with E-state index >= 15 is 0 Å². The van der Waals surface area contributed by atoms with Gasteiger partial charge in [0.05, 0.1) is 11.7 Å². The van der Waals surface area contributed by atoms with Gasteiger partial charge in [0.15, 0.2) is 0 Å². The molecule has 1 atom stereocenters. The van der Waals surface area contributed by atoms with Gasteiger partial charge in [-0.3, -0.25) is 4.79 Å². The van der Waals surface area contributed by atoms with Crippen LogP contribution in [0, 0.1) is 13.8 Å². The molecule has 124 valence electrons. The van der Waals surface area contributed by atoms with E-state index in [9.17, 15) is 9.90 Å². The fourth-order valence-electron chi connectivity index (χ4n) is 2.97. The van der Waals surface area contributed by atoms with Gasteiger partial charge in [-0.2, -0.15) is 0 Å².